The van der Waals surface area contributed by atoms with Gasteiger partial charge in [-0.25, -0.2) is 0 Å². The van der Waals surface area contributed by atoms with Crippen LogP contribution in [-0.2, 0) is 10.5 Å². The van der Waals surface area contributed by atoms with E-state index >= 15 is 0 Å². The summed E-state index contributed by atoms with van der Waals surface area (Å²) in [6, 6.07) is 21.8. The Morgan fingerprint density at radius 2 is 1.63 bits per heavy atom. The second-order valence-corrected chi connectivity index (χ2v) is 8.60. The number of imide groups is 1. The van der Waals surface area contributed by atoms with Crippen molar-refractivity contribution >= 4 is 23.6 Å². The minimum Gasteiger partial charge on any atom is -0.367 e. The first kappa shape index (κ1) is 19.1. The number of benzene rings is 3. The van der Waals surface area contributed by atoms with Gasteiger partial charge in [0.05, 0.1) is 24.3 Å². The van der Waals surface area contributed by atoms with Crippen LogP contribution in [-0.4, -0.2) is 29.9 Å². The van der Waals surface area contributed by atoms with Crippen molar-refractivity contribution in [3.63, 3.8) is 0 Å². The third kappa shape index (κ3) is 3.24. The maximum Gasteiger partial charge on any atom is 0.261 e. The van der Waals surface area contributed by atoms with E-state index in [1.165, 1.54) is 20.9 Å². The molecule has 0 bridgehead atoms. The van der Waals surface area contributed by atoms with Crippen molar-refractivity contribution in [1.29, 1.82) is 0 Å². The summed E-state index contributed by atoms with van der Waals surface area (Å²) < 4.78 is 6.37. The van der Waals surface area contributed by atoms with Gasteiger partial charge in [0.25, 0.3) is 11.8 Å². The normalized spacial score (nSPS) is 17.4. The molecule has 3 aromatic rings. The first-order valence-corrected chi connectivity index (χ1v) is 11.0. The zero-order valence-electron chi connectivity index (χ0n) is 16.6. The number of carbonyl (C=O) groups is 2. The number of carbonyl (C=O) groups excluding carboxylic acids is 2. The van der Waals surface area contributed by atoms with E-state index in [0.29, 0.717) is 11.1 Å². The Labute approximate surface area is 179 Å². The number of amides is 2. The van der Waals surface area contributed by atoms with Gasteiger partial charge in [-0.2, -0.15) is 0 Å². The molecule has 2 amide bonds. The molecule has 5 heteroatoms. The monoisotopic (exact) mass is 415 g/mol. The second kappa shape index (κ2) is 7.74. The van der Waals surface area contributed by atoms with Gasteiger partial charge in [-0.15, -0.1) is 11.8 Å². The number of aryl methyl sites for hydroxylation is 1. The minimum absolute atomic E-state index is 0.221. The average Bonchev–Trinajstić information content (AvgIpc) is 2.91. The third-order valence-electron chi connectivity index (χ3n) is 5.65. The number of thioether (sulfide) groups is 1. The summed E-state index contributed by atoms with van der Waals surface area (Å²) in [4.78, 5) is 27.8. The van der Waals surface area contributed by atoms with Crippen LogP contribution in [0.5, 0.6) is 0 Å². The third-order valence-corrected chi connectivity index (χ3v) is 6.78. The largest absolute Gasteiger partial charge is 0.367 e. The maximum absolute atomic E-state index is 12.6. The van der Waals surface area contributed by atoms with Crippen LogP contribution in [0.15, 0.2) is 71.6 Å². The summed E-state index contributed by atoms with van der Waals surface area (Å²) in [6.07, 6.45) is -0.221. The number of ether oxygens (including phenoxy) is 1. The van der Waals surface area contributed by atoms with Crippen molar-refractivity contribution in [3.05, 3.63) is 100 Å². The lowest BCUT2D eigenvalue weighted by molar-refractivity contribution is 0.0446. The quantitative estimate of drug-likeness (QED) is 0.563. The summed E-state index contributed by atoms with van der Waals surface area (Å²) in [6.45, 7) is 2.60. The first-order chi connectivity index (χ1) is 14.6. The Kier molecular flexibility index (Phi) is 4.93. The van der Waals surface area contributed by atoms with E-state index in [-0.39, 0.29) is 31.1 Å². The molecule has 0 saturated heterocycles. The molecular weight excluding hydrogens is 394 g/mol. The van der Waals surface area contributed by atoms with Gasteiger partial charge in [-0.05, 0) is 41.8 Å². The predicted octanol–water partition coefficient (Wildman–Crippen LogP) is 5.00. The molecule has 4 nitrogen and oxygen atoms in total. The van der Waals surface area contributed by atoms with E-state index in [2.05, 4.69) is 43.3 Å². The minimum atomic E-state index is -0.243. The molecule has 2 heterocycles. The van der Waals surface area contributed by atoms with Gasteiger partial charge in [0.1, 0.15) is 6.10 Å². The molecule has 0 spiro atoms. The van der Waals surface area contributed by atoms with Gasteiger partial charge in [-0.1, -0.05) is 54.1 Å². The van der Waals surface area contributed by atoms with Crippen LogP contribution >= 0.6 is 11.8 Å². The van der Waals surface area contributed by atoms with E-state index in [1.54, 1.807) is 24.3 Å². The second-order valence-electron chi connectivity index (χ2n) is 7.59. The molecule has 1 unspecified atom stereocenters. The maximum atomic E-state index is 12.6. The van der Waals surface area contributed by atoms with Gasteiger partial charge >= 0.3 is 0 Å². The number of fused-ring (bicyclic) bond motifs is 3. The Morgan fingerprint density at radius 1 is 0.933 bits per heavy atom. The summed E-state index contributed by atoms with van der Waals surface area (Å²) in [5, 5.41) is 0. The molecule has 30 heavy (non-hydrogen) atoms. The average molecular weight is 416 g/mol. The van der Waals surface area contributed by atoms with Crippen molar-refractivity contribution in [1.82, 2.24) is 4.90 Å². The van der Waals surface area contributed by atoms with Gasteiger partial charge in [0.15, 0.2) is 0 Å². The van der Waals surface area contributed by atoms with Crippen molar-refractivity contribution in [2.45, 2.75) is 23.7 Å². The molecular formula is C25H21NO3S. The van der Waals surface area contributed by atoms with Crippen LogP contribution in [0.25, 0.3) is 0 Å². The van der Waals surface area contributed by atoms with E-state index in [9.17, 15) is 9.59 Å². The summed E-state index contributed by atoms with van der Waals surface area (Å²) in [7, 11) is 0. The zero-order valence-corrected chi connectivity index (χ0v) is 17.4. The van der Waals surface area contributed by atoms with Crippen LogP contribution in [0, 0.1) is 6.92 Å². The van der Waals surface area contributed by atoms with Crippen LogP contribution in [0.3, 0.4) is 0 Å². The Balaban J connectivity index is 1.40. The van der Waals surface area contributed by atoms with Crippen LogP contribution in [0.4, 0.5) is 0 Å². The smallest absolute Gasteiger partial charge is 0.261 e. The Bertz CT molecular complexity index is 1120. The molecule has 3 aromatic carbocycles. The van der Waals surface area contributed by atoms with Crippen molar-refractivity contribution in [2.24, 2.45) is 0 Å². The van der Waals surface area contributed by atoms with E-state index in [1.807, 2.05) is 17.8 Å². The first-order valence-electron chi connectivity index (χ1n) is 10.0. The van der Waals surface area contributed by atoms with Gasteiger partial charge in [0, 0.05) is 10.6 Å². The SMILES string of the molecule is Cc1ccc2c(c1)C(OCCN1C(=O)c3ccccc3C1=O)c1ccccc1CS2. The lowest BCUT2D eigenvalue weighted by atomic mass is 9.96. The number of hydrogen-bond donors (Lipinski definition) is 0. The predicted molar refractivity (Wildman–Crippen MR) is 117 cm³/mol. The molecule has 1 atom stereocenters. The van der Waals surface area contributed by atoms with Crippen molar-refractivity contribution in [2.75, 3.05) is 13.2 Å². The summed E-state index contributed by atoms with van der Waals surface area (Å²) >= 11 is 1.82. The molecule has 0 saturated carbocycles. The molecule has 0 fully saturated rings. The van der Waals surface area contributed by atoms with Gasteiger partial charge < -0.3 is 4.74 Å². The Morgan fingerprint density at radius 3 is 2.40 bits per heavy atom. The molecule has 2 aliphatic heterocycles. The van der Waals surface area contributed by atoms with Crippen LogP contribution < -0.4 is 0 Å². The summed E-state index contributed by atoms with van der Waals surface area (Å²) in [5.74, 6) is 0.407. The molecule has 0 aromatic heterocycles. The molecule has 0 N–H and O–H groups in total. The summed E-state index contributed by atoms with van der Waals surface area (Å²) in [5.41, 5.74) is 5.67. The molecule has 0 aliphatic carbocycles. The van der Waals surface area contributed by atoms with Crippen LogP contribution in [0.1, 0.15) is 49.1 Å². The van der Waals surface area contributed by atoms with E-state index in [0.717, 1.165) is 16.9 Å². The lowest BCUT2D eigenvalue weighted by Crippen LogP contribution is -2.33. The molecule has 0 radical (unpaired) electrons. The number of nitrogens with zero attached hydrogens (tertiary/aromatic N) is 1. The van der Waals surface area contributed by atoms with Crippen LogP contribution in [0.2, 0.25) is 0 Å². The fraction of sp³-hybridized carbons (Fsp3) is 0.200. The number of hydrogen-bond acceptors (Lipinski definition) is 4. The standard InChI is InChI=1S/C25H21NO3S/c1-16-10-11-22-21(14-16)23(18-7-3-2-6-17(18)15-30-22)29-13-12-26-24(27)19-8-4-5-9-20(19)25(26)28/h2-11,14,23H,12-13,15H2,1H3. The number of rotatable bonds is 4. The topological polar surface area (TPSA) is 46.6 Å². The van der Waals surface area contributed by atoms with E-state index < -0.39 is 0 Å². The molecule has 2 aliphatic rings. The van der Waals surface area contributed by atoms with Gasteiger partial charge in [-0.3, -0.25) is 14.5 Å². The fourth-order valence-electron chi connectivity index (χ4n) is 4.13. The van der Waals surface area contributed by atoms with Crippen molar-refractivity contribution in [3.8, 4) is 0 Å². The lowest BCUT2D eigenvalue weighted by Gasteiger charge is -2.22. The van der Waals surface area contributed by atoms with Crippen molar-refractivity contribution < 1.29 is 14.3 Å². The highest BCUT2D eigenvalue weighted by atomic mass is 32.2. The highest BCUT2D eigenvalue weighted by Gasteiger charge is 2.35. The molecule has 150 valence electrons. The Hall–Kier alpha value is -2.89. The highest BCUT2D eigenvalue weighted by Crippen LogP contribution is 2.41. The van der Waals surface area contributed by atoms with Gasteiger partial charge in [0.2, 0.25) is 0 Å². The highest BCUT2D eigenvalue weighted by molar-refractivity contribution is 7.98. The fourth-order valence-corrected chi connectivity index (χ4v) is 5.20. The zero-order chi connectivity index (χ0) is 20.7. The molecule has 5 rings (SSSR count). The van der Waals surface area contributed by atoms with E-state index in [4.69, 9.17) is 4.74 Å².